The van der Waals surface area contributed by atoms with E-state index in [2.05, 4.69) is 5.32 Å². The van der Waals surface area contributed by atoms with Crippen molar-refractivity contribution < 1.29 is 18.8 Å². The Kier molecular flexibility index (Phi) is 6.49. The number of likely N-dealkylation sites (N-methyl/N-ethyl adjacent to an activating group) is 1. The lowest BCUT2D eigenvalue weighted by atomic mass is 10.2. The Morgan fingerprint density at radius 3 is 2.56 bits per heavy atom. The van der Waals surface area contributed by atoms with Crippen LogP contribution in [0.4, 0.5) is 10.1 Å². The number of amides is 1. The fourth-order valence-corrected chi connectivity index (χ4v) is 2.48. The van der Waals surface area contributed by atoms with Gasteiger partial charge in [0.2, 0.25) is 0 Å². The summed E-state index contributed by atoms with van der Waals surface area (Å²) >= 11 is 0. The van der Waals surface area contributed by atoms with Gasteiger partial charge in [-0.2, -0.15) is 5.26 Å². The second-order valence-electron chi connectivity index (χ2n) is 5.66. The van der Waals surface area contributed by atoms with Gasteiger partial charge in [-0.3, -0.25) is 4.79 Å². The number of ether oxygens (including phenoxy) is 1. The molecule has 0 saturated heterocycles. The number of nitrogens with one attached hydrogen (secondary N) is 2. The van der Waals surface area contributed by atoms with Crippen molar-refractivity contribution >= 4 is 11.6 Å². The summed E-state index contributed by atoms with van der Waals surface area (Å²) in [5.74, 6) is -0.326. The molecule has 0 bridgehead atoms. The van der Waals surface area contributed by atoms with Crippen molar-refractivity contribution in [3.05, 3.63) is 59.4 Å². The average molecular weight is 342 g/mol. The average Bonchev–Trinajstić information content (AvgIpc) is 2.62. The lowest BCUT2D eigenvalue weighted by molar-refractivity contribution is -0.903. The van der Waals surface area contributed by atoms with E-state index in [1.807, 2.05) is 13.0 Å². The van der Waals surface area contributed by atoms with Crippen LogP contribution < -0.4 is 15.0 Å². The van der Waals surface area contributed by atoms with Gasteiger partial charge in [-0.05, 0) is 49.4 Å². The van der Waals surface area contributed by atoms with E-state index in [1.54, 1.807) is 36.4 Å². The van der Waals surface area contributed by atoms with E-state index in [0.29, 0.717) is 17.8 Å². The molecule has 0 aliphatic heterocycles. The summed E-state index contributed by atoms with van der Waals surface area (Å²) in [5, 5.41) is 11.6. The number of nitrogens with zero attached hydrogens (tertiary/aromatic N) is 1. The summed E-state index contributed by atoms with van der Waals surface area (Å²) in [5.41, 5.74) is 2.00. The highest BCUT2D eigenvalue weighted by Crippen LogP contribution is 2.17. The molecule has 0 aliphatic rings. The lowest BCUT2D eigenvalue weighted by Crippen LogP contribution is -3.11. The number of carbonyl (C=O) groups is 1. The predicted octanol–water partition coefficient (Wildman–Crippen LogP) is 1.75. The zero-order chi connectivity index (χ0) is 18.2. The minimum absolute atomic E-state index is 0.129. The van der Waals surface area contributed by atoms with E-state index in [1.165, 1.54) is 13.2 Å². The molecule has 1 amide bonds. The molecule has 2 aromatic rings. The normalized spacial score (nSPS) is 11.4. The molecule has 2 rings (SSSR count). The Balaban J connectivity index is 1.95. The molecule has 2 N–H and O–H groups in total. The van der Waals surface area contributed by atoms with E-state index < -0.39 is 5.82 Å². The summed E-state index contributed by atoms with van der Waals surface area (Å²) in [4.78, 5) is 13.2. The topological polar surface area (TPSA) is 66.6 Å². The Morgan fingerprint density at radius 1 is 1.28 bits per heavy atom. The van der Waals surface area contributed by atoms with Gasteiger partial charge in [0.25, 0.3) is 5.91 Å². The van der Waals surface area contributed by atoms with E-state index in [4.69, 9.17) is 10.00 Å². The van der Waals surface area contributed by atoms with E-state index in [-0.39, 0.29) is 18.2 Å². The van der Waals surface area contributed by atoms with Gasteiger partial charge >= 0.3 is 0 Å². The molecule has 0 saturated carbocycles. The smallest absolute Gasteiger partial charge is 0.279 e. The molecule has 130 valence electrons. The van der Waals surface area contributed by atoms with Crippen LogP contribution in [0.5, 0.6) is 5.75 Å². The summed E-state index contributed by atoms with van der Waals surface area (Å²) in [6.45, 7) is 3.51. The molecule has 1 unspecified atom stereocenters. The minimum atomic E-state index is -0.405. The Labute approximate surface area is 146 Å². The number of rotatable bonds is 7. The van der Waals surface area contributed by atoms with Crippen LogP contribution in [0.3, 0.4) is 0 Å². The molecule has 5 nitrogen and oxygen atoms in total. The lowest BCUT2D eigenvalue weighted by Gasteiger charge is -2.17. The summed E-state index contributed by atoms with van der Waals surface area (Å²) in [6.07, 6.45) is 0. The van der Waals surface area contributed by atoms with Crippen LogP contribution >= 0.6 is 0 Å². The number of hydrogen-bond acceptors (Lipinski definition) is 3. The molecule has 1 atom stereocenters. The summed E-state index contributed by atoms with van der Waals surface area (Å²) in [6, 6.07) is 13.6. The maximum absolute atomic E-state index is 13.8. The first kappa shape index (κ1) is 18.4. The third kappa shape index (κ3) is 5.30. The molecule has 0 aliphatic carbocycles. The van der Waals surface area contributed by atoms with Crippen molar-refractivity contribution in [2.75, 3.05) is 25.5 Å². The molecule has 25 heavy (non-hydrogen) atoms. The van der Waals surface area contributed by atoms with Crippen molar-refractivity contribution in [3.63, 3.8) is 0 Å². The van der Waals surface area contributed by atoms with Gasteiger partial charge in [0.05, 0.1) is 25.3 Å². The Bertz CT molecular complexity index is 769. The second kappa shape index (κ2) is 8.81. The molecule has 0 fully saturated rings. The number of anilines is 1. The van der Waals surface area contributed by atoms with Crippen LogP contribution in [0.25, 0.3) is 0 Å². The van der Waals surface area contributed by atoms with Gasteiger partial charge in [0.1, 0.15) is 6.54 Å². The zero-order valence-electron chi connectivity index (χ0n) is 14.3. The fraction of sp³-hybridized carbons (Fsp3) is 0.263. The number of benzene rings is 2. The van der Waals surface area contributed by atoms with Gasteiger partial charge in [0, 0.05) is 11.3 Å². The molecule has 2 aromatic carbocycles. The number of quaternary nitrogens is 1. The highest BCUT2D eigenvalue weighted by Gasteiger charge is 2.14. The quantitative estimate of drug-likeness (QED) is 0.806. The number of methoxy groups -OCH3 is 1. The Hall–Kier alpha value is -2.91. The first-order valence-corrected chi connectivity index (χ1v) is 8.01. The predicted molar refractivity (Wildman–Crippen MR) is 92.8 cm³/mol. The van der Waals surface area contributed by atoms with E-state index in [0.717, 1.165) is 17.0 Å². The van der Waals surface area contributed by atoms with Crippen molar-refractivity contribution in [2.45, 2.75) is 13.5 Å². The van der Waals surface area contributed by atoms with Crippen molar-refractivity contribution in [1.29, 1.82) is 5.26 Å². The number of nitriles is 1. The van der Waals surface area contributed by atoms with Crippen LogP contribution in [0, 0.1) is 17.1 Å². The first-order chi connectivity index (χ1) is 12.0. The minimum Gasteiger partial charge on any atom is -0.494 e. The van der Waals surface area contributed by atoms with Crippen LogP contribution in [0.2, 0.25) is 0 Å². The zero-order valence-corrected chi connectivity index (χ0v) is 14.3. The van der Waals surface area contributed by atoms with Gasteiger partial charge in [0.15, 0.2) is 18.1 Å². The van der Waals surface area contributed by atoms with Crippen LogP contribution in [-0.2, 0) is 11.3 Å². The third-order valence-corrected chi connectivity index (χ3v) is 3.88. The molecule has 0 heterocycles. The first-order valence-electron chi connectivity index (χ1n) is 8.01. The van der Waals surface area contributed by atoms with Gasteiger partial charge < -0.3 is 15.0 Å². The largest absolute Gasteiger partial charge is 0.494 e. The molecule has 0 spiro atoms. The standard InChI is InChI=1S/C19H20FN3O2/c1-3-23(12-15-6-9-18(25-2)17(20)10-15)13-19(24)22-16-7-4-14(11-21)5-8-16/h4-10H,3,12-13H2,1-2H3,(H,22,24)/p+1. The summed E-state index contributed by atoms with van der Waals surface area (Å²) < 4.78 is 18.7. The van der Waals surface area contributed by atoms with Gasteiger partial charge in [-0.1, -0.05) is 0 Å². The third-order valence-electron chi connectivity index (χ3n) is 3.88. The molecular weight excluding hydrogens is 321 g/mol. The molecule has 6 heteroatoms. The maximum atomic E-state index is 13.8. The monoisotopic (exact) mass is 342 g/mol. The van der Waals surface area contributed by atoms with Crippen LogP contribution in [0.15, 0.2) is 42.5 Å². The number of hydrogen-bond donors (Lipinski definition) is 2. The highest BCUT2D eigenvalue weighted by molar-refractivity contribution is 5.91. The SMILES string of the molecule is CC[NH+](CC(=O)Nc1ccc(C#N)cc1)Cc1ccc(OC)c(F)c1. The van der Waals surface area contributed by atoms with Crippen molar-refractivity contribution in [1.82, 2.24) is 0 Å². The molecule has 0 aromatic heterocycles. The van der Waals surface area contributed by atoms with Crippen LogP contribution in [0.1, 0.15) is 18.1 Å². The fourth-order valence-electron chi connectivity index (χ4n) is 2.48. The number of halogens is 1. The van der Waals surface area contributed by atoms with Crippen LogP contribution in [-0.4, -0.2) is 26.1 Å². The Morgan fingerprint density at radius 2 is 2.00 bits per heavy atom. The molecule has 0 radical (unpaired) electrons. The van der Waals surface area contributed by atoms with E-state index >= 15 is 0 Å². The maximum Gasteiger partial charge on any atom is 0.279 e. The van der Waals surface area contributed by atoms with Gasteiger partial charge in [-0.15, -0.1) is 0 Å². The van der Waals surface area contributed by atoms with Crippen molar-refractivity contribution in [3.8, 4) is 11.8 Å². The van der Waals surface area contributed by atoms with E-state index in [9.17, 15) is 9.18 Å². The van der Waals surface area contributed by atoms with Crippen molar-refractivity contribution in [2.24, 2.45) is 0 Å². The second-order valence-corrected chi connectivity index (χ2v) is 5.66. The van der Waals surface area contributed by atoms with Gasteiger partial charge in [-0.25, -0.2) is 4.39 Å². The highest BCUT2D eigenvalue weighted by atomic mass is 19.1. The molecular formula is C19H21FN3O2+. The summed E-state index contributed by atoms with van der Waals surface area (Å²) in [7, 11) is 1.43. The number of carbonyl (C=O) groups excluding carboxylic acids is 1.